The summed E-state index contributed by atoms with van der Waals surface area (Å²) in [7, 11) is 3.11. The topological polar surface area (TPSA) is 42.7 Å². The summed E-state index contributed by atoms with van der Waals surface area (Å²) in [6.45, 7) is 0. The zero-order valence-corrected chi connectivity index (χ0v) is 10.7. The van der Waals surface area contributed by atoms with Gasteiger partial charge in [-0.3, -0.25) is 4.68 Å². The Bertz CT molecular complexity index is 606. The molecular weight excluding hydrogens is 276 g/mol. The fraction of sp³-hybridized carbons (Fsp3) is 0.333. The Labute approximate surface area is 112 Å². The van der Waals surface area contributed by atoms with Gasteiger partial charge in [0.25, 0.3) is 0 Å². The SMILES string of the molecule is CNC(c1cccc(C(F)(F)F)c1F)c1cnnn1C. The quantitative estimate of drug-likeness (QED) is 0.881. The Hall–Kier alpha value is -1.96. The van der Waals surface area contributed by atoms with Crippen LogP contribution in [0.3, 0.4) is 0 Å². The molecule has 108 valence electrons. The summed E-state index contributed by atoms with van der Waals surface area (Å²) in [5, 5.41) is 10.1. The Morgan fingerprint density at radius 1 is 1.30 bits per heavy atom. The highest BCUT2D eigenvalue weighted by Crippen LogP contribution is 2.34. The van der Waals surface area contributed by atoms with Gasteiger partial charge in [-0.1, -0.05) is 17.3 Å². The van der Waals surface area contributed by atoms with Crippen LogP contribution in [0.15, 0.2) is 24.4 Å². The maximum absolute atomic E-state index is 14.1. The predicted molar refractivity (Wildman–Crippen MR) is 63.3 cm³/mol. The number of hydrogen-bond acceptors (Lipinski definition) is 3. The molecule has 0 amide bonds. The van der Waals surface area contributed by atoms with Crippen molar-refractivity contribution in [2.45, 2.75) is 12.2 Å². The van der Waals surface area contributed by atoms with Gasteiger partial charge in [0.2, 0.25) is 0 Å². The van der Waals surface area contributed by atoms with E-state index in [9.17, 15) is 17.6 Å². The molecule has 2 rings (SSSR count). The van der Waals surface area contributed by atoms with E-state index < -0.39 is 23.6 Å². The lowest BCUT2D eigenvalue weighted by Crippen LogP contribution is -2.23. The molecule has 0 radical (unpaired) electrons. The maximum Gasteiger partial charge on any atom is 0.419 e. The molecule has 0 saturated carbocycles. The van der Waals surface area contributed by atoms with Crippen LogP contribution in [-0.4, -0.2) is 22.0 Å². The third-order valence-electron chi connectivity index (χ3n) is 2.98. The Morgan fingerprint density at radius 3 is 2.50 bits per heavy atom. The molecule has 0 spiro atoms. The molecule has 2 aromatic rings. The molecule has 0 bridgehead atoms. The minimum Gasteiger partial charge on any atom is -0.308 e. The van der Waals surface area contributed by atoms with Crippen LogP contribution in [0.4, 0.5) is 17.6 Å². The number of nitrogens with one attached hydrogen (secondary N) is 1. The van der Waals surface area contributed by atoms with Gasteiger partial charge in [0.15, 0.2) is 0 Å². The molecule has 1 heterocycles. The molecule has 0 aliphatic heterocycles. The number of alkyl halides is 3. The van der Waals surface area contributed by atoms with Crippen LogP contribution in [0, 0.1) is 5.82 Å². The van der Waals surface area contributed by atoms with E-state index in [1.54, 1.807) is 7.05 Å². The van der Waals surface area contributed by atoms with Gasteiger partial charge in [-0.2, -0.15) is 13.2 Å². The van der Waals surface area contributed by atoms with Crippen LogP contribution in [0.5, 0.6) is 0 Å². The van der Waals surface area contributed by atoms with E-state index >= 15 is 0 Å². The molecule has 0 aliphatic carbocycles. The van der Waals surface area contributed by atoms with Gasteiger partial charge in [0, 0.05) is 12.6 Å². The summed E-state index contributed by atoms with van der Waals surface area (Å²) in [5.41, 5.74) is -0.927. The van der Waals surface area contributed by atoms with Crippen LogP contribution in [0.2, 0.25) is 0 Å². The lowest BCUT2D eigenvalue weighted by molar-refractivity contribution is -0.140. The zero-order valence-electron chi connectivity index (χ0n) is 10.7. The second-order valence-electron chi connectivity index (χ2n) is 4.21. The van der Waals surface area contributed by atoms with E-state index in [1.807, 2.05) is 0 Å². The molecule has 0 aliphatic rings. The average Bonchev–Trinajstić information content (AvgIpc) is 2.77. The largest absolute Gasteiger partial charge is 0.419 e. The normalized spacial score (nSPS) is 13.5. The van der Waals surface area contributed by atoms with Gasteiger partial charge in [0.1, 0.15) is 5.82 Å². The van der Waals surface area contributed by atoms with Crippen LogP contribution in [0.25, 0.3) is 0 Å². The minimum absolute atomic E-state index is 0.104. The summed E-state index contributed by atoms with van der Waals surface area (Å²) < 4.78 is 53.7. The van der Waals surface area contributed by atoms with Crippen LogP contribution in [0.1, 0.15) is 22.9 Å². The van der Waals surface area contributed by atoms with Crippen molar-refractivity contribution in [3.8, 4) is 0 Å². The van der Waals surface area contributed by atoms with E-state index in [4.69, 9.17) is 0 Å². The van der Waals surface area contributed by atoms with Crippen molar-refractivity contribution in [3.05, 3.63) is 47.0 Å². The smallest absolute Gasteiger partial charge is 0.308 e. The van der Waals surface area contributed by atoms with Crippen molar-refractivity contribution in [1.29, 1.82) is 0 Å². The first-order valence-corrected chi connectivity index (χ1v) is 5.73. The Morgan fingerprint density at radius 2 is 2.00 bits per heavy atom. The molecule has 4 nitrogen and oxygen atoms in total. The molecular formula is C12H12F4N4. The van der Waals surface area contributed by atoms with E-state index in [0.717, 1.165) is 0 Å². The van der Waals surface area contributed by atoms with Gasteiger partial charge in [-0.05, 0) is 13.1 Å². The molecule has 1 unspecified atom stereocenters. The minimum atomic E-state index is -4.73. The number of benzene rings is 1. The van der Waals surface area contributed by atoms with E-state index in [1.165, 1.54) is 30.1 Å². The maximum atomic E-state index is 14.1. The number of rotatable bonds is 3. The van der Waals surface area contributed by atoms with Crippen molar-refractivity contribution in [2.75, 3.05) is 7.05 Å². The number of hydrogen-bond donors (Lipinski definition) is 1. The third-order valence-corrected chi connectivity index (χ3v) is 2.98. The Kier molecular flexibility index (Phi) is 3.76. The van der Waals surface area contributed by atoms with Crippen LogP contribution < -0.4 is 5.32 Å². The molecule has 1 aromatic heterocycles. The first-order valence-electron chi connectivity index (χ1n) is 5.73. The first-order chi connectivity index (χ1) is 9.36. The van der Waals surface area contributed by atoms with E-state index in [-0.39, 0.29) is 5.56 Å². The van der Waals surface area contributed by atoms with Crippen LogP contribution in [-0.2, 0) is 13.2 Å². The number of nitrogens with zero attached hydrogens (tertiary/aromatic N) is 3. The number of aryl methyl sites for hydroxylation is 1. The summed E-state index contributed by atoms with van der Waals surface area (Å²) in [5.74, 6) is -1.29. The van der Waals surface area contributed by atoms with E-state index in [0.29, 0.717) is 11.8 Å². The summed E-state index contributed by atoms with van der Waals surface area (Å²) in [6.07, 6.45) is -3.36. The van der Waals surface area contributed by atoms with Crippen molar-refractivity contribution < 1.29 is 17.6 Å². The van der Waals surface area contributed by atoms with Crippen molar-refractivity contribution in [2.24, 2.45) is 7.05 Å². The standard InChI is InChI=1S/C12H12F4N4/c1-17-11(9-6-18-19-20(9)2)7-4-3-5-8(10(7)13)12(14,15)16/h3-6,11,17H,1-2H3. The zero-order chi connectivity index (χ0) is 14.9. The number of halogens is 4. The summed E-state index contributed by atoms with van der Waals surface area (Å²) in [4.78, 5) is 0. The van der Waals surface area contributed by atoms with Gasteiger partial charge in [-0.25, -0.2) is 4.39 Å². The highest BCUT2D eigenvalue weighted by molar-refractivity contribution is 5.34. The molecule has 0 fully saturated rings. The van der Waals surface area contributed by atoms with Crippen molar-refractivity contribution in [3.63, 3.8) is 0 Å². The van der Waals surface area contributed by atoms with E-state index in [2.05, 4.69) is 15.6 Å². The molecule has 1 aromatic carbocycles. The summed E-state index contributed by atoms with van der Waals surface area (Å²) >= 11 is 0. The van der Waals surface area contributed by atoms with Crippen molar-refractivity contribution >= 4 is 0 Å². The third kappa shape index (κ3) is 2.51. The second kappa shape index (κ2) is 5.20. The first kappa shape index (κ1) is 14.4. The predicted octanol–water partition coefficient (Wildman–Crippen LogP) is 2.28. The monoisotopic (exact) mass is 288 g/mol. The highest BCUT2D eigenvalue weighted by atomic mass is 19.4. The number of aromatic nitrogens is 3. The van der Waals surface area contributed by atoms with Gasteiger partial charge in [-0.15, -0.1) is 5.10 Å². The molecule has 1 atom stereocenters. The average molecular weight is 288 g/mol. The molecule has 8 heteroatoms. The summed E-state index contributed by atoms with van der Waals surface area (Å²) in [6, 6.07) is 2.43. The van der Waals surface area contributed by atoms with Crippen molar-refractivity contribution in [1.82, 2.24) is 20.3 Å². The lowest BCUT2D eigenvalue weighted by Gasteiger charge is -2.19. The highest BCUT2D eigenvalue weighted by Gasteiger charge is 2.36. The molecule has 0 saturated heterocycles. The fourth-order valence-electron chi connectivity index (χ4n) is 2.01. The van der Waals surface area contributed by atoms with Gasteiger partial charge < -0.3 is 5.32 Å². The lowest BCUT2D eigenvalue weighted by atomic mass is 10.0. The molecule has 1 N–H and O–H groups in total. The molecule has 20 heavy (non-hydrogen) atoms. The van der Waals surface area contributed by atoms with Crippen LogP contribution >= 0.6 is 0 Å². The fourth-order valence-corrected chi connectivity index (χ4v) is 2.01. The second-order valence-corrected chi connectivity index (χ2v) is 4.21. The van der Waals surface area contributed by atoms with Gasteiger partial charge in [0.05, 0.1) is 23.5 Å². The van der Waals surface area contributed by atoms with Gasteiger partial charge >= 0.3 is 6.18 Å². The Balaban J connectivity index is 2.54.